The molecule has 0 saturated carbocycles. The Morgan fingerprint density at radius 1 is 1.25 bits per heavy atom. The Bertz CT molecular complexity index is 343. The average Bonchev–Trinajstić information content (AvgIpc) is 2.16. The molecule has 0 radical (unpaired) electrons. The lowest BCUT2D eigenvalue weighted by atomic mass is 10.0. The lowest BCUT2D eigenvalue weighted by Gasteiger charge is -2.11. The quantitative estimate of drug-likeness (QED) is 0.466. The third-order valence-electron chi connectivity index (χ3n) is 2.39. The summed E-state index contributed by atoms with van der Waals surface area (Å²) in [7, 11) is 0. The fraction of sp³-hybridized carbons (Fsp3) is 0.462. The van der Waals surface area contributed by atoms with E-state index in [1.165, 1.54) is 10.5 Å². The zero-order valence-electron chi connectivity index (χ0n) is 10.2. The molecule has 0 bridgehead atoms. The second-order valence-electron chi connectivity index (χ2n) is 4.38. The van der Waals surface area contributed by atoms with Crippen molar-refractivity contribution in [2.45, 2.75) is 43.3 Å². The topological polar surface area (TPSA) is 49.9 Å². The van der Waals surface area contributed by atoms with E-state index in [2.05, 4.69) is 45.0 Å². The number of nitrogens with one attached hydrogen (secondary N) is 1. The summed E-state index contributed by atoms with van der Waals surface area (Å²) in [5, 5.41) is 7.61. The van der Waals surface area contributed by atoms with E-state index in [9.17, 15) is 0 Å². The maximum Gasteiger partial charge on any atom is 0.0916 e. The van der Waals surface area contributed by atoms with E-state index < -0.39 is 0 Å². The third kappa shape index (κ3) is 4.27. The van der Waals surface area contributed by atoms with Gasteiger partial charge >= 0.3 is 0 Å². The number of hydrogen-bond donors (Lipinski definition) is 2. The minimum atomic E-state index is 0.263. The van der Waals surface area contributed by atoms with Gasteiger partial charge in [-0.3, -0.25) is 5.41 Å². The van der Waals surface area contributed by atoms with Crippen LogP contribution in [0, 0.1) is 5.41 Å². The van der Waals surface area contributed by atoms with Crippen molar-refractivity contribution in [3.05, 3.63) is 29.8 Å². The average molecular weight is 236 g/mol. The van der Waals surface area contributed by atoms with Crippen molar-refractivity contribution in [3.63, 3.8) is 0 Å². The summed E-state index contributed by atoms with van der Waals surface area (Å²) >= 11 is 1.77. The Labute approximate surface area is 102 Å². The first kappa shape index (κ1) is 13.1. The minimum Gasteiger partial charge on any atom is -0.388 e. The van der Waals surface area contributed by atoms with Crippen molar-refractivity contribution in [2.24, 2.45) is 5.73 Å². The van der Waals surface area contributed by atoms with Crippen molar-refractivity contribution in [3.8, 4) is 0 Å². The fourth-order valence-electron chi connectivity index (χ4n) is 1.51. The van der Waals surface area contributed by atoms with Crippen LogP contribution in [-0.4, -0.2) is 11.1 Å². The maximum absolute atomic E-state index is 7.25. The van der Waals surface area contributed by atoms with E-state index in [-0.39, 0.29) is 5.84 Å². The zero-order chi connectivity index (χ0) is 12.1. The van der Waals surface area contributed by atoms with E-state index in [1.54, 1.807) is 11.8 Å². The summed E-state index contributed by atoms with van der Waals surface area (Å²) in [5.41, 5.74) is 6.75. The molecule has 3 heteroatoms. The van der Waals surface area contributed by atoms with E-state index in [0.29, 0.717) is 17.6 Å². The number of hydrogen-bond acceptors (Lipinski definition) is 2. The lowest BCUT2D eigenvalue weighted by molar-refractivity contribution is 0.864. The normalized spacial score (nSPS) is 12.8. The SMILES string of the molecule is CC(CC(=N)N)Sc1ccc(C(C)C)cc1. The van der Waals surface area contributed by atoms with Crippen molar-refractivity contribution < 1.29 is 0 Å². The number of thioether (sulfide) groups is 1. The molecule has 88 valence electrons. The Balaban J connectivity index is 2.58. The molecule has 0 fully saturated rings. The zero-order valence-corrected chi connectivity index (χ0v) is 11.0. The molecule has 0 spiro atoms. The Hall–Kier alpha value is -0.960. The van der Waals surface area contributed by atoms with Crippen LogP contribution in [0.25, 0.3) is 0 Å². The van der Waals surface area contributed by atoms with Gasteiger partial charge in [0.25, 0.3) is 0 Å². The minimum absolute atomic E-state index is 0.263. The highest BCUT2D eigenvalue weighted by molar-refractivity contribution is 8.00. The van der Waals surface area contributed by atoms with Crippen LogP contribution >= 0.6 is 11.8 Å². The Morgan fingerprint density at radius 3 is 2.25 bits per heavy atom. The molecule has 0 amide bonds. The molecule has 3 N–H and O–H groups in total. The lowest BCUT2D eigenvalue weighted by Crippen LogP contribution is -2.14. The van der Waals surface area contributed by atoms with Crippen LogP contribution in [0.3, 0.4) is 0 Å². The van der Waals surface area contributed by atoms with Crippen molar-refractivity contribution in [2.75, 3.05) is 0 Å². The van der Waals surface area contributed by atoms with Gasteiger partial charge in [-0.2, -0.15) is 0 Å². The second-order valence-corrected chi connectivity index (χ2v) is 5.89. The summed E-state index contributed by atoms with van der Waals surface area (Å²) < 4.78 is 0. The van der Waals surface area contributed by atoms with Crippen LogP contribution in [0.4, 0.5) is 0 Å². The number of benzene rings is 1. The van der Waals surface area contributed by atoms with Gasteiger partial charge in [-0.1, -0.05) is 32.9 Å². The van der Waals surface area contributed by atoms with Crippen molar-refractivity contribution in [1.29, 1.82) is 5.41 Å². The van der Waals surface area contributed by atoms with Crippen molar-refractivity contribution in [1.82, 2.24) is 0 Å². The molecule has 0 aliphatic rings. The summed E-state index contributed by atoms with van der Waals surface area (Å²) in [4.78, 5) is 1.25. The first-order chi connectivity index (χ1) is 7.49. The molecule has 2 nitrogen and oxygen atoms in total. The maximum atomic E-state index is 7.25. The standard InChI is InChI=1S/C13H20N2S/c1-9(2)11-4-6-12(7-5-11)16-10(3)8-13(14)15/h4-7,9-10H,8H2,1-3H3,(H3,14,15). The molecule has 0 saturated heterocycles. The van der Waals surface area contributed by atoms with Crippen LogP contribution in [0.1, 0.15) is 38.7 Å². The van der Waals surface area contributed by atoms with Crippen molar-refractivity contribution >= 4 is 17.6 Å². The van der Waals surface area contributed by atoms with Crippen LogP contribution in [-0.2, 0) is 0 Å². The Morgan fingerprint density at radius 2 is 1.81 bits per heavy atom. The molecule has 0 heterocycles. The summed E-state index contributed by atoms with van der Waals surface area (Å²) in [5.74, 6) is 0.840. The van der Waals surface area contributed by atoms with E-state index in [0.717, 1.165) is 0 Å². The third-order valence-corrected chi connectivity index (χ3v) is 3.50. The van der Waals surface area contributed by atoms with Crippen LogP contribution in [0.2, 0.25) is 0 Å². The van der Waals surface area contributed by atoms with Crippen LogP contribution in [0.5, 0.6) is 0 Å². The van der Waals surface area contributed by atoms with Gasteiger partial charge in [0.05, 0.1) is 5.84 Å². The molecule has 0 aliphatic carbocycles. The first-order valence-electron chi connectivity index (χ1n) is 5.58. The van der Waals surface area contributed by atoms with Gasteiger partial charge in [-0.05, 0) is 23.6 Å². The second kappa shape index (κ2) is 5.94. The van der Waals surface area contributed by atoms with Gasteiger partial charge < -0.3 is 5.73 Å². The predicted octanol–water partition coefficient (Wildman–Crippen LogP) is 3.62. The number of nitrogens with two attached hydrogens (primary N) is 1. The summed E-state index contributed by atoms with van der Waals surface area (Å²) in [6, 6.07) is 8.65. The monoisotopic (exact) mass is 236 g/mol. The van der Waals surface area contributed by atoms with Crippen LogP contribution in [0.15, 0.2) is 29.2 Å². The van der Waals surface area contributed by atoms with E-state index >= 15 is 0 Å². The van der Waals surface area contributed by atoms with Crippen LogP contribution < -0.4 is 5.73 Å². The first-order valence-corrected chi connectivity index (χ1v) is 6.46. The molecular formula is C13H20N2S. The molecule has 1 aromatic carbocycles. The van der Waals surface area contributed by atoms with E-state index in [1.807, 2.05) is 0 Å². The van der Waals surface area contributed by atoms with Gasteiger partial charge in [-0.15, -0.1) is 11.8 Å². The highest BCUT2D eigenvalue weighted by atomic mass is 32.2. The molecule has 0 aromatic heterocycles. The highest BCUT2D eigenvalue weighted by Crippen LogP contribution is 2.26. The molecule has 0 aliphatic heterocycles. The smallest absolute Gasteiger partial charge is 0.0916 e. The highest BCUT2D eigenvalue weighted by Gasteiger charge is 2.06. The molecule has 1 atom stereocenters. The van der Waals surface area contributed by atoms with Gasteiger partial charge in [0.1, 0.15) is 0 Å². The number of amidine groups is 1. The Kier molecular flexibility index (Phi) is 4.87. The number of rotatable bonds is 5. The fourth-order valence-corrected chi connectivity index (χ4v) is 2.54. The van der Waals surface area contributed by atoms with Gasteiger partial charge in [0, 0.05) is 16.6 Å². The molecule has 1 unspecified atom stereocenters. The summed E-state index contributed by atoms with van der Waals surface area (Å²) in [6.07, 6.45) is 0.649. The van der Waals surface area contributed by atoms with Gasteiger partial charge in [-0.25, -0.2) is 0 Å². The van der Waals surface area contributed by atoms with Gasteiger partial charge in [0.2, 0.25) is 0 Å². The molecule has 1 aromatic rings. The largest absolute Gasteiger partial charge is 0.388 e. The molecular weight excluding hydrogens is 216 g/mol. The van der Waals surface area contributed by atoms with Gasteiger partial charge in [0.15, 0.2) is 0 Å². The summed E-state index contributed by atoms with van der Waals surface area (Å²) in [6.45, 7) is 6.49. The predicted molar refractivity (Wildman–Crippen MR) is 72.4 cm³/mol. The van der Waals surface area contributed by atoms with E-state index in [4.69, 9.17) is 11.1 Å². The molecule has 1 rings (SSSR count). The molecule has 16 heavy (non-hydrogen) atoms.